The fourth-order valence-electron chi connectivity index (χ4n) is 1.18. The lowest BCUT2D eigenvalue weighted by molar-refractivity contribution is 0.156. The van der Waals surface area contributed by atoms with E-state index in [0.29, 0.717) is 6.80 Å². The van der Waals surface area contributed by atoms with E-state index >= 15 is 0 Å². The fraction of sp³-hybridized carbons (Fsp3) is 0.833. The van der Waals surface area contributed by atoms with Crippen molar-refractivity contribution in [3.05, 3.63) is 6.80 Å². The number of nitrogens with zero attached hydrogens (tertiary/aromatic N) is 1. The molecule has 1 N–H and O–H groups in total. The van der Waals surface area contributed by atoms with Gasteiger partial charge in [0.25, 0.3) is 0 Å². The lowest BCUT2D eigenvalue weighted by atomic mass is 10.2. The summed E-state index contributed by atoms with van der Waals surface area (Å²) in [6, 6.07) is 0.0370. The number of hydrogen-bond acceptors (Lipinski definition) is 2. The molecule has 0 bridgehead atoms. The summed E-state index contributed by atoms with van der Waals surface area (Å²) < 4.78 is 11.8. The largest absolute Gasteiger partial charge is 0.395 e. The van der Waals surface area contributed by atoms with Gasteiger partial charge in [-0.2, -0.15) is 0 Å². The van der Waals surface area contributed by atoms with Gasteiger partial charge < -0.3 is 5.11 Å². The minimum Gasteiger partial charge on any atom is -0.395 e. The highest BCUT2D eigenvalue weighted by Gasteiger charge is 2.23. The molecule has 1 atom stereocenters. The van der Waals surface area contributed by atoms with Crippen molar-refractivity contribution in [1.29, 1.82) is 0 Å². The molecule has 3 heteroatoms. The normalized spacial score (nSPS) is 29.3. The van der Waals surface area contributed by atoms with Crippen molar-refractivity contribution in [3.8, 4) is 0 Å². The first-order valence-electron chi connectivity index (χ1n) is 3.18. The molecule has 1 heterocycles. The van der Waals surface area contributed by atoms with E-state index in [9.17, 15) is 4.39 Å². The molecule has 1 unspecified atom stereocenters. The highest BCUT2D eigenvalue weighted by molar-refractivity contribution is 4.79. The highest BCUT2D eigenvalue weighted by Crippen LogP contribution is 2.17. The van der Waals surface area contributed by atoms with Crippen LogP contribution in [0.5, 0.6) is 0 Å². The molecule has 1 saturated heterocycles. The lowest BCUT2D eigenvalue weighted by Crippen LogP contribution is -2.28. The second kappa shape index (κ2) is 3.13. The van der Waals surface area contributed by atoms with Gasteiger partial charge in [-0.15, -0.1) is 0 Å². The van der Waals surface area contributed by atoms with Gasteiger partial charge in [0.05, 0.1) is 6.61 Å². The molecule has 1 aliphatic rings. The van der Waals surface area contributed by atoms with Crippen molar-refractivity contribution in [2.24, 2.45) is 0 Å². The predicted octanol–water partition coefficient (Wildman–Crippen LogP) is 0.532. The zero-order chi connectivity index (χ0) is 6.69. The van der Waals surface area contributed by atoms with Crippen LogP contribution in [0.1, 0.15) is 12.8 Å². The van der Waals surface area contributed by atoms with E-state index in [1.54, 1.807) is 4.90 Å². The van der Waals surface area contributed by atoms with Gasteiger partial charge in [-0.1, -0.05) is 0 Å². The molecular weight excluding hydrogens is 121 g/mol. The zero-order valence-corrected chi connectivity index (χ0v) is 5.26. The van der Waals surface area contributed by atoms with Crippen molar-refractivity contribution in [1.82, 2.24) is 4.90 Å². The van der Waals surface area contributed by atoms with Crippen molar-refractivity contribution in [2.75, 3.05) is 13.2 Å². The molecule has 0 aliphatic carbocycles. The number of aliphatic hydroxyl groups excluding tert-OH is 1. The molecule has 0 aromatic carbocycles. The van der Waals surface area contributed by atoms with E-state index < -0.39 is 0 Å². The standard InChI is InChI=1S/C6H11FNO/c7-5-8-3-1-2-6(8)4-9/h5-6,9H,1-4H2. The quantitative estimate of drug-likeness (QED) is 0.554. The molecule has 1 fully saturated rings. The summed E-state index contributed by atoms with van der Waals surface area (Å²) in [5, 5.41) is 8.64. The average molecular weight is 132 g/mol. The molecule has 0 aromatic heterocycles. The first-order valence-corrected chi connectivity index (χ1v) is 3.18. The van der Waals surface area contributed by atoms with Crippen molar-refractivity contribution >= 4 is 0 Å². The Kier molecular flexibility index (Phi) is 2.42. The molecule has 0 saturated carbocycles. The van der Waals surface area contributed by atoms with Gasteiger partial charge in [-0.05, 0) is 12.8 Å². The van der Waals surface area contributed by atoms with Gasteiger partial charge in [-0.3, -0.25) is 4.90 Å². The second-order valence-electron chi connectivity index (χ2n) is 2.31. The molecule has 0 amide bonds. The predicted molar refractivity (Wildman–Crippen MR) is 32.2 cm³/mol. The Labute approximate surface area is 54.3 Å². The Balaban J connectivity index is 2.32. The van der Waals surface area contributed by atoms with Gasteiger partial charge in [0.1, 0.15) is 0 Å². The maximum Gasteiger partial charge on any atom is 0.199 e. The first kappa shape index (κ1) is 6.96. The summed E-state index contributed by atoms with van der Waals surface area (Å²) in [5.41, 5.74) is 0. The second-order valence-corrected chi connectivity index (χ2v) is 2.31. The van der Waals surface area contributed by atoms with Gasteiger partial charge in [0.2, 0.25) is 0 Å². The molecule has 1 radical (unpaired) electrons. The number of halogens is 1. The monoisotopic (exact) mass is 132 g/mol. The highest BCUT2D eigenvalue weighted by atomic mass is 19.1. The summed E-state index contributed by atoms with van der Waals surface area (Å²) in [4.78, 5) is 1.54. The van der Waals surface area contributed by atoms with E-state index in [2.05, 4.69) is 0 Å². The molecule has 2 nitrogen and oxygen atoms in total. The number of hydrogen-bond donors (Lipinski definition) is 1. The van der Waals surface area contributed by atoms with Crippen LogP contribution in [-0.4, -0.2) is 29.2 Å². The van der Waals surface area contributed by atoms with E-state index in [0.717, 1.165) is 19.4 Å². The summed E-state index contributed by atoms with van der Waals surface area (Å²) in [6.07, 6.45) is 1.91. The van der Waals surface area contributed by atoms with E-state index in [1.807, 2.05) is 0 Å². The Morgan fingerprint density at radius 3 is 3.00 bits per heavy atom. The average Bonchev–Trinajstić information content (AvgIpc) is 2.33. The Hall–Kier alpha value is -0.150. The maximum absolute atomic E-state index is 11.8. The van der Waals surface area contributed by atoms with Crippen LogP contribution in [0.3, 0.4) is 0 Å². The van der Waals surface area contributed by atoms with Crippen LogP contribution < -0.4 is 0 Å². The first-order chi connectivity index (χ1) is 4.38. The Bertz CT molecular complexity index is 79.1. The smallest absolute Gasteiger partial charge is 0.199 e. The van der Waals surface area contributed by atoms with Gasteiger partial charge >= 0.3 is 0 Å². The van der Waals surface area contributed by atoms with E-state index in [4.69, 9.17) is 5.11 Å². The van der Waals surface area contributed by atoms with E-state index in [1.165, 1.54) is 0 Å². The van der Waals surface area contributed by atoms with Crippen molar-refractivity contribution < 1.29 is 9.50 Å². The molecule has 0 spiro atoms. The van der Waals surface area contributed by atoms with Crippen LogP contribution in [0.15, 0.2) is 0 Å². The third-order valence-corrected chi connectivity index (χ3v) is 1.76. The molecule has 9 heavy (non-hydrogen) atoms. The topological polar surface area (TPSA) is 23.5 Å². The summed E-state index contributed by atoms with van der Waals surface area (Å²) in [6.45, 7) is 1.38. The van der Waals surface area contributed by atoms with Crippen LogP contribution in [0, 0.1) is 6.80 Å². The van der Waals surface area contributed by atoms with Crippen LogP contribution >= 0.6 is 0 Å². The molecule has 0 aromatic rings. The van der Waals surface area contributed by atoms with Crippen LogP contribution in [-0.2, 0) is 0 Å². The van der Waals surface area contributed by atoms with Crippen LogP contribution in [0.25, 0.3) is 0 Å². The van der Waals surface area contributed by atoms with Gasteiger partial charge in [-0.25, -0.2) is 4.39 Å². The third kappa shape index (κ3) is 1.40. The summed E-state index contributed by atoms with van der Waals surface area (Å²) in [5.74, 6) is 0. The molecule has 53 valence electrons. The minimum atomic E-state index is 0.0370. The van der Waals surface area contributed by atoms with Crippen LogP contribution in [0.2, 0.25) is 0 Å². The lowest BCUT2D eigenvalue weighted by Gasteiger charge is -2.16. The number of rotatable bonds is 2. The third-order valence-electron chi connectivity index (χ3n) is 1.76. The van der Waals surface area contributed by atoms with Crippen molar-refractivity contribution in [3.63, 3.8) is 0 Å². The Morgan fingerprint density at radius 2 is 2.56 bits per heavy atom. The van der Waals surface area contributed by atoms with Crippen LogP contribution in [0.4, 0.5) is 4.39 Å². The SMILES string of the molecule is OCC1CCCN1[CH]F. The minimum absolute atomic E-state index is 0.0370. The fourth-order valence-corrected chi connectivity index (χ4v) is 1.18. The molecule has 1 rings (SSSR count). The Morgan fingerprint density at radius 1 is 1.78 bits per heavy atom. The summed E-state index contributed by atoms with van der Waals surface area (Å²) in [7, 11) is 0. The zero-order valence-electron chi connectivity index (χ0n) is 5.26. The maximum atomic E-state index is 11.8. The number of aliphatic hydroxyl groups is 1. The number of likely N-dealkylation sites (tertiary alicyclic amines) is 1. The van der Waals surface area contributed by atoms with Crippen molar-refractivity contribution in [2.45, 2.75) is 18.9 Å². The molecular formula is C6H11FNO. The van der Waals surface area contributed by atoms with Gasteiger partial charge in [0.15, 0.2) is 6.80 Å². The van der Waals surface area contributed by atoms with Gasteiger partial charge in [0, 0.05) is 12.6 Å². The molecule has 1 aliphatic heterocycles. The van der Waals surface area contributed by atoms with E-state index in [-0.39, 0.29) is 12.6 Å². The summed E-state index contributed by atoms with van der Waals surface area (Å²) >= 11 is 0.